The van der Waals surface area contributed by atoms with Gasteiger partial charge in [-0.05, 0) is 37.7 Å². The number of carbonyl (C=O) groups is 1. The smallest absolute Gasteiger partial charge is 0.267 e. The summed E-state index contributed by atoms with van der Waals surface area (Å²) in [5.74, 6) is 2.08. The molecule has 0 unspecified atom stereocenters. The SMILES string of the molecule is CC[C@@H](C)c1noc(C2CCN(C(=O)c3snnc3C)CC2)n1. The van der Waals surface area contributed by atoms with Crippen LogP contribution in [0.5, 0.6) is 0 Å². The average Bonchev–Trinajstić information content (AvgIpc) is 3.23. The fraction of sp³-hybridized carbons (Fsp3) is 0.667. The van der Waals surface area contributed by atoms with E-state index in [0.29, 0.717) is 35.5 Å². The van der Waals surface area contributed by atoms with Gasteiger partial charge in [0.15, 0.2) is 5.82 Å². The molecular weight excluding hydrogens is 314 g/mol. The first-order chi connectivity index (χ1) is 11.1. The zero-order chi connectivity index (χ0) is 16.4. The van der Waals surface area contributed by atoms with Gasteiger partial charge in [0.05, 0.1) is 5.69 Å². The highest BCUT2D eigenvalue weighted by atomic mass is 32.1. The van der Waals surface area contributed by atoms with Gasteiger partial charge < -0.3 is 9.42 Å². The zero-order valence-corrected chi connectivity index (χ0v) is 14.5. The first-order valence-electron chi connectivity index (χ1n) is 8.01. The average molecular weight is 335 g/mol. The molecular formula is C15H21N5O2S. The van der Waals surface area contributed by atoms with Crippen LogP contribution in [0.2, 0.25) is 0 Å². The fourth-order valence-corrected chi connectivity index (χ4v) is 3.32. The number of amides is 1. The minimum atomic E-state index is 0.0294. The van der Waals surface area contributed by atoms with Crippen molar-refractivity contribution in [1.82, 2.24) is 24.6 Å². The Morgan fingerprint density at radius 1 is 1.43 bits per heavy atom. The van der Waals surface area contributed by atoms with Crippen LogP contribution >= 0.6 is 11.5 Å². The van der Waals surface area contributed by atoms with Crippen molar-refractivity contribution < 1.29 is 9.32 Å². The van der Waals surface area contributed by atoms with Crippen molar-refractivity contribution >= 4 is 17.4 Å². The summed E-state index contributed by atoms with van der Waals surface area (Å²) in [5, 5.41) is 8.00. The number of hydrogen-bond donors (Lipinski definition) is 0. The van der Waals surface area contributed by atoms with Crippen LogP contribution in [0.4, 0.5) is 0 Å². The van der Waals surface area contributed by atoms with Crippen molar-refractivity contribution in [3.8, 4) is 0 Å². The largest absolute Gasteiger partial charge is 0.339 e. The molecule has 2 aromatic heterocycles. The van der Waals surface area contributed by atoms with Gasteiger partial charge in [-0.1, -0.05) is 23.5 Å². The molecule has 7 nitrogen and oxygen atoms in total. The van der Waals surface area contributed by atoms with E-state index in [4.69, 9.17) is 4.52 Å². The standard InChI is InChI=1S/C15H21N5O2S/c1-4-9(2)13-16-14(22-18-13)11-5-7-20(8-6-11)15(21)12-10(3)17-19-23-12/h9,11H,4-8H2,1-3H3/t9-/m1/s1. The Morgan fingerprint density at radius 3 is 2.78 bits per heavy atom. The predicted molar refractivity (Wildman–Crippen MR) is 85.5 cm³/mol. The number of carbonyl (C=O) groups excluding carboxylic acids is 1. The third-order valence-electron chi connectivity index (χ3n) is 4.49. The molecule has 0 bridgehead atoms. The lowest BCUT2D eigenvalue weighted by Crippen LogP contribution is -2.37. The molecule has 2 aromatic rings. The number of nitrogens with zero attached hydrogens (tertiary/aromatic N) is 5. The van der Waals surface area contributed by atoms with E-state index < -0.39 is 0 Å². The monoisotopic (exact) mass is 335 g/mol. The van der Waals surface area contributed by atoms with E-state index in [-0.39, 0.29) is 11.8 Å². The lowest BCUT2D eigenvalue weighted by Gasteiger charge is -2.30. The zero-order valence-electron chi connectivity index (χ0n) is 13.7. The molecule has 1 fully saturated rings. The Hall–Kier alpha value is -1.83. The second-order valence-corrected chi connectivity index (χ2v) is 6.81. The summed E-state index contributed by atoms with van der Waals surface area (Å²) in [6.45, 7) is 7.42. The van der Waals surface area contributed by atoms with Gasteiger partial charge in [-0.15, -0.1) is 5.10 Å². The molecule has 0 N–H and O–H groups in total. The van der Waals surface area contributed by atoms with Gasteiger partial charge in [0, 0.05) is 24.9 Å². The quantitative estimate of drug-likeness (QED) is 0.854. The summed E-state index contributed by atoms with van der Waals surface area (Å²) in [6.07, 6.45) is 2.69. The van der Waals surface area contributed by atoms with Gasteiger partial charge in [-0.25, -0.2) is 0 Å². The van der Waals surface area contributed by atoms with Crippen LogP contribution in [0, 0.1) is 6.92 Å². The van der Waals surface area contributed by atoms with Crippen LogP contribution in [0.1, 0.15) is 72.0 Å². The van der Waals surface area contributed by atoms with Crippen molar-refractivity contribution in [2.24, 2.45) is 0 Å². The Bertz CT molecular complexity index is 675. The van der Waals surface area contributed by atoms with Crippen molar-refractivity contribution in [3.05, 3.63) is 22.3 Å². The number of likely N-dealkylation sites (tertiary alicyclic amines) is 1. The molecule has 0 spiro atoms. The maximum atomic E-state index is 12.5. The normalized spacial score (nSPS) is 17.4. The van der Waals surface area contributed by atoms with Crippen molar-refractivity contribution in [2.75, 3.05) is 13.1 Å². The third kappa shape index (κ3) is 3.26. The molecule has 0 aromatic carbocycles. The van der Waals surface area contributed by atoms with Gasteiger partial charge in [0.25, 0.3) is 5.91 Å². The Kier molecular flexibility index (Phi) is 4.70. The number of aromatic nitrogens is 4. The highest BCUT2D eigenvalue weighted by molar-refractivity contribution is 7.07. The van der Waals surface area contributed by atoms with E-state index in [0.717, 1.165) is 36.6 Å². The molecule has 0 aliphatic carbocycles. The molecule has 3 heterocycles. The van der Waals surface area contributed by atoms with Gasteiger partial charge in [0.1, 0.15) is 4.88 Å². The topological polar surface area (TPSA) is 85.0 Å². The Morgan fingerprint density at radius 2 is 2.17 bits per heavy atom. The van der Waals surface area contributed by atoms with Crippen LogP contribution < -0.4 is 0 Å². The first kappa shape index (κ1) is 16.0. The van der Waals surface area contributed by atoms with Crippen molar-refractivity contribution in [1.29, 1.82) is 0 Å². The molecule has 124 valence electrons. The molecule has 0 radical (unpaired) electrons. The molecule has 1 amide bonds. The highest BCUT2D eigenvalue weighted by Crippen LogP contribution is 2.29. The minimum Gasteiger partial charge on any atom is -0.339 e. The van der Waals surface area contributed by atoms with Gasteiger partial charge in [-0.2, -0.15) is 4.98 Å². The van der Waals surface area contributed by atoms with E-state index in [1.165, 1.54) is 0 Å². The van der Waals surface area contributed by atoms with E-state index in [9.17, 15) is 4.79 Å². The van der Waals surface area contributed by atoms with Crippen molar-refractivity contribution in [3.63, 3.8) is 0 Å². The number of hydrogen-bond acceptors (Lipinski definition) is 7. The van der Waals surface area contributed by atoms with E-state index in [2.05, 4.69) is 33.6 Å². The lowest BCUT2D eigenvalue weighted by atomic mass is 9.96. The summed E-state index contributed by atoms with van der Waals surface area (Å²) < 4.78 is 9.27. The first-order valence-corrected chi connectivity index (χ1v) is 8.79. The molecule has 1 saturated heterocycles. The second-order valence-electron chi connectivity index (χ2n) is 6.05. The molecule has 3 rings (SSSR count). The fourth-order valence-electron chi connectivity index (χ4n) is 2.70. The molecule has 1 aliphatic rings. The molecule has 1 atom stereocenters. The van der Waals surface area contributed by atoms with Crippen LogP contribution in [0.15, 0.2) is 4.52 Å². The second kappa shape index (κ2) is 6.74. The highest BCUT2D eigenvalue weighted by Gasteiger charge is 2.29. The van der Waals surface area contributed by atoms with E-state index >= 15 is 0 Å². The lowest BCUT2D eigenvalue weighted by molar-refractivity contribution is 0.0708. The summed E-state index contributed by atoms with van der Waals surface area (Å²) in [4.78, 5) is 19.5. The van der Waals surface area contributed by atoms with Gasteiger partial charge >= 0.3 is 0 Å². The molecule has 1 aliphatic heterocycles. The summed E-state index contributed by atoms with van der Waals surface area (Å²) >= 11 is 1.16. The minimum absolute atomic E-state index is 0.0294. The Labute approximate surface area is 139 Å². The molecule has 23 heavy (non-hydrogen) atoms. The Balaban J connectivity index is 1.61. The maximum absolute atomic E-state index is 12.5. The predicted octanol–water partition coefficient (Wildman–Crippen LogP) is 2.76. The molecule has 0 saturated carbocycles. The third-order valence-corrected chi connectivity index (χ3v) is 5.30. The number of rotatable bonds is 4. The van der Waals surface area contributed by atoms with Gasteiger partial charge in [0.2, 0.25) is 5.89 Å². The maximum Gasteiger partial charge on any atom is 0.267 e. The summed E-state index contributed by atoms with van der Waals surface area (Å²) in [6, 6.07) is 0. The van der Waals surface area contributed by atoms with E-state index in [1.807, 2.05) is 11.8 Å². The number of piperidine rings is 1. The van der Waals surface area contributed by atoms with Crippen molar-refractivity contribution in [2.45, 2.75) is 51.9 Å². The summed E-state index contributed by atoms with van der Waals surface area (Å²) in [7, 11) is 0. The van der Waals surface area contributed by atoms with Crippen LogP contribution in [-0.2, 0) is 0 Å². The van der Waals surface area contributed by atoms with Crippen LogP contribution in [0.25, 0.3) is 0 Å². The summed E-state index contributed by atoms with van der Waals surface area (Å²) in [5.41, 5.74) is 0.706. The molecule has 8 heteroatoms. The van der Waals surface area contributed by atoms with Crippen LogP contribution in [0.3, 0.4) is 0 Å². The van der Waals surface area contributed by atoms with Crippen LogP contribution in [-0.4, -0.2) is 43.6 Å². The van der Waals surface area contributed by atoms with Gasteiger partial charge in [-0.3, -0.25) is 4.79 Å². The number of aryl methyl sites for hydroxylation is 1. The van der Waals surface area contributed by atoms with E-state index in [1.54, 1.807) is 0 Å².